The summed E-state index contributed by atoms with van der Waals surface area (Å²) >= 11 is 0. The normalized spacial score (nSPS) is 10.4. The molecule has 25 heavy (non-hydrogen) atoms. The van der Waals surface area contributed by atoms with Crippen LogP contribution in [0.3, 0.4) is 0 Å². The molecule has 0 bridgehead atoms. The highest BCUT2D eigenvalue weighted by Gasteiger charge is 2.10. The SMILES string of the molecule is CNC(=O)C(=O)CCCCCCC(=O)Nc1cnc2ccccc2c1. The molecule has 2 N–H and O–H groups in total. The number of hydrogen-bond acceptors (Lipinski definition) is 4. The Kier molecular flexibility index (Phi) is 7.07. The summed E-state index contributed by atoms with van der Waals surface area (Å²) in [6, 6.07) is 9.65. The van der Waals surface area contributed by atoms with Crippen LogP contribution in [0.1, 0.15) is 38.5 Å². The molecular formula is C19H23N3O3. The van der Waals surface area contributed by atoms with Crippen molar-refractivity contribution >= 4 is 34.2 Å². The highest BCUT2D eigenvalue weighted by molar-refractivity contribution is 6.36. The number of para-hydroxylation sites is 1. The maximum absolute atomic E-state index is 12.0. The first-order chi connectivity index (χ1) is 12.1. The van der Waals surface area contributed by atoms with E-state index in [-0.39, 0.29) is 18.1 Å². The summed E-state index contributed by atoms with van der Waals surface area (Å²) < 4.78 is 0. The van der Waals surface area contributed by atoms with Crippen molar-refractivity contribution in [3.8, 4) is 0 Å². The van der Waals surface area contributed by atoms with E-state index in [9.17, 15) is 14.4 Å². The van der Waals surface area contributed by atoms with E-state index >= 15 is 0 Å². The average molecular weight is 341 g/mol. The Bertz CT molecular complexity index is 758. The molecule has 6 nitrogen and oxygen atoms in total. The number of likely N-dealkylation sites (N-methyl/N-ethyl adjacent to an activating group) is 1. The van der Waals surface area contributed by atoms with E-state index in [0.29, 0.717) is 18.5 Å². The number of rotatable bonds is 9. The Hall–Kier alpha value is -2.76. The molecule has 132 valence electrons. The molecule has 0 saturated heterocycles. The molecule has 0 atom stereocenters. The number of carbonyl (C=O) groups is 3. The number of aromatic nitrogens is 1. The number of amides is 2. The van der Waals surface area contributed by atoms with Crippen molar-refractivity contribution in [1.82, 2.24) is 10.3 Å². The van der Waals surface area contributed by atoms with Gasteiger partial charge >= 0.3 is 0 Å². The number of unbranched alkanes of at least 4 members (excludes halogenated alkanes) is 3. The molecule has 0 fully saturated rings. The standard InChI is InChI=1S/C19H23N3O3/c1-20-19(25)17(23)10-4-2-3-5-11-18(24)22-15-12-14-8-6-7-9-16(14)21-13-15/h6-9,12-13H,2-5,10-11H2,1H3,(H,20,25)(H,22,24). The third kappa shape index (κ3) is 5.99. The molecule has 0 unspecified atom stereocenters. The summed E-state index contributed by atoms with van der Waals surface area (Å²) in [6.07, 6.45) is 5.44. The maximum Gasteiger partial charge on any atom is 0.287 e. The Morgan fingerprint density at radius 3 is 2.48 bits per heavy atom. The molecule has 0 saturated carbocycles. The molecular weight excluding hydrogens is 318 g/mol. The summed E-state index contributed by atoms with van der Waals surface area (Å²) in [7, 11) is 1.45. The molecule has 2 amide bonds. The van der Waals surface area contributed by atoms with Crippen LogP contribution in [0, 0.1) is 0 Å². The number of Topliss-reactive ketones (excluding diaryl/α,β-unsaturated/α-hetero) is 1. The molecule has 0 aliphatic heterocycles. The molecule has 2 rings (SSSR count). The van der Waals surface area contributed by atoms with Crippen LogP contribution in [0.2, 0.25) is 0 Å². The van der Waals surface area contributed by atoms with Gasteiger partial charge in [0.25, 0.3) is 5.91 Å². The van der Waals surface area contributed by atoms with Crippen LogP contribution < -0.4 is 10.6 Å². The molecule has 0 radical (unpaired) electrons. The van der Waals surface area contributed by atoms with Gasteiger partial charge in [0.15, 0.2) is 0 Å². The highest BCUT2D eigenvalue weighted by Crippen LogP contribution is 2.16. The lowest BCUT2D eigenvalue weighted by Gasteiger charge is -2.06. The van der Waals surface area contributed by atoms with Crippen molar-refractivity contribution in [1.29, 1.82) is 0 Å². The fourth-order valence-electron chi connectivity index (χ4n) is 2.54. The molecule has 0 aliphatic carbocycles. The smallest absolute Gasteiger partial charge is 0.287 e. The molecule has 1 heterocycles. The summed E-state index contributed by atoms with van der Waals surface area (Å²) in [5, 5.41) is 6.16. The predicted octanol–water partition coefficient (Wildman–Crippen LogP) is 2.83. The zero-order valence-corrected chi connectivity index (χ0v) is 14.4. The Morgan fingerprint density at radius 2 is 1.72 bits per heavy atom. The van der Waals surface area contributed by atoms with E-state index in [1.165, 1.54) is 7.05 Å². The molecule has 6 heteroatoms. The topological polar surface area (TPSA) is 88.2 Å². The number of nitrogens with one attached hydrogen (secondary N) is 2. The number of fused-ring (bicyclic) bond motifs is 1. The van der Waals surface area contributed by atoms with Crippen LogP contribution >= 0.6 is 0 Å². The zero-order valence-electron chi connectivity index (χ0n) is 14.4. The summed E-state index contributed by atoms with van der Waals surface area (Å²) in [5.41, 5.74) is 1.59. The van der Waals surface area contributed by atoms with Crippen LogP contribution in [0.25, 0.3) is 10.9 Å². The van der Waals surface area contributed by atoms with Gasteiger partial charge in [0, 0.05) is 25.3 Å². The van der Waals surface area contributed by atoms with E-state index in [4.69, 9.17) is 0 Å². The highest BCUT2D eigenvalue weighted by atomic mass is 16.2. The van der Waals surface area contributed by atoms with Gasteiger partial charge in [0.05, 0.1) is 17.4 Å². The van der Waals surface area contributed by atoms with Crippen molar-refractivity contribution in [2.45, 2.75) is 38.5 Å². The van der Waals surface area contributed by atoms with E-state index in [1.807, 2.05) is 30.3 Å². The third-order valence-corrected chi connectivity index (χ3v) is 3.91. The molecule has 2 aromatic rings. The average Bonchev–Trinajstić information content (AvgIpc) is 2.63. The number of nitrogens with zero attached hydrogens (tertiary/aromatic N) is 1. The van der Waals surface area contributed by atoms with Gasteiger partial charge in [-0.1, -0.05) is 31.0 Å². The molecule has 0 aliphatic rings. The van der Waals surface area contributed by atoms with Gasteiger partial charge in [0.1, 0.15) is 0 Å². The minimum atomic E-state index is -0.539. The van der Waals surface area contributed by atoms with Gasteiger partial charge in [0.2, 0.25) is 11.7 Å². The van der Waals surface area contributed by atoms with Crippen LogP contribution in [0.15, 0.2) is 36.5 Å². The van der Waals surface area contributed by atoms with E-state index in [1.54, 1.807) is 6.20 Å². The molecule has 0 spiro atoms. The van der Waals surface area contributed by atoms with Crippen molar-refractivity contribution in [3.05, 3.63) is 36.5 Å². The number of carbonyl (C=O) groups excluding carboxylic acids is 3. The Balaban J connectivity index is 1.65. The summed E-state index contributed by atoms with van der Waals surface area (Å²) in [4.78, 5) is 38.7. The number of ketones is 1. The lowest BCUT2D eigenvalue weighted by Crippen LogP contribution is -2.27. The van der Waals surface area contributed by atoms with Gasteiger partial charge in [-0.15, -0.1) is 0 Å². The van der Waals surface area contributed by atoms with Gasteiger partial charge in [-0.05, 0) is 25.0 Å². The van der Waals surface area contributed by atoms with Crippen molar-refractivity contribution < 1.29 is 14.4 Å². The van der Waals surface area contributed by atoms with Gasteiger partial charge in [-0.2, -0.15) is 0 Å². The molecule has 1 aromatic heterocycles. The Morgan fingerprint density at radius 1 is 1.00 bits per heavy atom. The minimum absolute atomic E-state index is 0.0430. The lowest BCUT2D eigenvalue weighted by molar-refractivity contribution is -0.137. The minimum Gasteiger partial charge on any atom is -0.353 e. The van der Waals surface area contributed by atoms with Gasteiger partial charge in [-0.3, -0.25) is 19.4 Å². The monoisotopic (exact) mass is 341 g/mol. The van der Waals surface area contributed by atoms with Crippen LogP contribution in [0.5, 0.6) is 0 Å². The number of pyridine rings is 1. The van der Waals surface area contributed by atoms with Crippen LogP contribution in [-0.2, 0) is 14.4 Å². The summed E-state index contributed by atoms with van der Waals surface area (Å²) in [5.74, 6) is -0.967. The number of anilines is 1. The second-order valence-electron chi connectivity index (χ2n) is 5.88. The van der Waals surface area contributed by atoms with E-state index in [2.05, 4.69) is 15.6 Å². The quantitative estimate of drug-likeness (QED) is 0.542. The van der Waals surface area contributed by atoms with Crippen molar-refractivity contribution in [3.63, 3.8) is 0 Å². The van der Waals surface area contributed by atoms with E-state index in [0.717, 1.165) is 30.2 Å². The lowest BCUT2D eigenvalue weighted by atomic mass is 10.1. The van der Waals surface area contributed by atoms with Gasteiger partial charge < -0.3 is 10.6 Å². The van der Waals surface area contributed by atoms with Crippen molar-refractivity contribution in [2.24, 2.45) is 0 Å². The first kappa shape index (κ1) is 18.6. The Labute approximate surface area is 147 Å². The number of hydrogen-bond donors (Lipinski definition) is 2. The summed E-state index contributed by atoms with van der Waals surface area (Å²) in [6.45, 7) is 0. The second kappa shape index (κ2) is 9.52. The molecule has 1 aromatic carbocycles. The van der Waals surface area contributed by atoms with Gasteiger partial charge in [-0.25, -0.2) is 0 Å². The third-order valence-electron chi connectivity index (χ3n) is 3.91. The van der Waals surface area contributed by atoms with Crippen molar-refractivity contribution in [2.75, 3.05) is 12.4 Å². The zero-order chi connectivity index (χ0) is 18.1. The predicted molar refractivity (Wildman–Crippen MR) is 97.1 cm³/mol. The maximum atomic E-state index is 12.0. The largest absolute Gasteiger partial charge is 0.353 e. The second-order valence-corrected chi connectivity index (χ2v) is 5.88. The van der Waals surface area contributed by atoms with E-state index < -0.39 is 5.91 Å². The fourth-order valence-corrected chi connectivity index (χ4v) is 2.54. The fraction of sp³-hybridized carbons (Fsp3) is 0.368. The van der Waals surface area contributed by atoms with Crippen LogP contribution in [-0.4, -0.2) is 29.6 Å². The van der Waals surface area contributed by atoms with Crippen LogP contribution in [0.4, 0.5) is 5.69 Å². The number of benzene rings is 1. The first-order valence-electron chi connectivity index (χ1n) is 8.49. The first-order valence-corrected chi connectivity index (χ1v) is 8.49.